The number of fused-ring (bicyclic) bond motifs is 1. The third-order valence-corrected chi connectivity index (χ3v) is 2.66. The number of nitro benzene ring substituents is 1. The lowest BCUT2D eigenvalue weighted by molar-refractivity contribution is -0.383. The van der Waals surface area contributed by atoms with Crippen LogP contribution < -0.4 is 5.56 Å². The fraction of sp³-hybridized carbons (Fsp3) is 0.250. The lowest BCUT2D eigenvalue weighted by atomic mass is 10.1. The number of aromatic nitrogens is 1. The Morgan fingerprint density at radius 1 is 1.29 bits per heavy atom. The van der Waals surface area contributed by atoms with Gasteiger partial charge in [0.15, 0.2) is 0 Å². The summed E-state index contributed by atoms with van der Waals surface area (Å²) >= 11 is 0. The highest BCUT2D eigenvalue weighted by Crippen LogP contribution is 2.22. The molecular formula is C12H12N2O3. The van der Waals surface area contributed by atoms with E-state index in [0.29, 0.717) is 17.3 Å². The summed E-state index contributed by atoms with van der Waals surface area (Å²) in [6.45, 7) is 2.60. The van der Waals surface area contributed by atoms with Gasteiger partial charge in [0.05, 0.1) is 15.7 Å². The fourth-order valence-corrected chi connectivity index (χ4v) is 1.88. The minimum absolute atomic E-state index is 0.0248. The molecule has 5 heteroatoms. The van der Waals surface area contributed by atoms with E-state index in [4.69, 9.17) is 0 Å². The number of hydrogen-bond acceptors (Lipinski definition) is 3. The lowest BCUT2D eigenvalue weighted by Crippen LogP contribution is -2.19. The number of pyridine rings is 1. The Labute approximate surface area is 97.5 Å². The van der Waals surface area contributed by atoms with Crippen LogP contribution in [-0.2, 0) is 6.54 Å². The third kappa shape index (κ3) is 1.91. The quantitative estimate of drug-likeness (QED) is 0.602. The number of non-ortho nitro benzene ring substituents is 1. The van der Waals surface area contributed by atoms with Crippen molar-refractivity contribution in [1.82, 2.24) is 4.57 Å². The van der Waals surface area contributed by atoms with E-state index < -0.39 is 4.92 Å². The highest BCUT2D eigenvalue weighted by Gasteiger charge is 2.13. The Bertz CT molecular complexity index is 631. The second-order valence-corrected chi connectivity index (χ2v) is 3.81. The van der Waals surface area contributed by atoms with E-state index in [1.54, 1.807) is 22.9 Å². The Hall–Kier alpha value is -2.17. The van der Waals surface area contributed by atoms with Crippen molar-refractivity contribution in [1.29, 1.82) is 0 Å². The molecule has 0 aliphatic heterocycles. The van der Waals surface area contributed by atoms with Gasteiger partial charge in [-0.3, -0.25) is 14.9 Å². The normalized spacial score (nSPS) is 10.6. The maximum Gasteiger partial charge on any atom is 0.277 e. The fourth-order valence-electron chi connectivity index (χ4n) is 1.88. The molecule has 2 aromatic rings. The standard InChI is InChI=1S/C12H12N2O3/c1-2-7-13-8-6-9-10(12(13)15)4-3-5-11(9)14(16)17/h3-6,8H,2,7H2,1H3. The zero-order valence-electron chi connectivity index (χ0n) is 9.42. The minimum Gasteiger partial charge on any atom is -0.315 e. The SMILES string of the molecule is CCCn1ccc2c([N+](=O)[O-])cccc2c1=O. The topological polar surface area (TPSA) is 65.1 Å². The molecule has 0 aliphatic rings. The van der Waals surface area contributed by atoms with Crippen LogP contribution in [0, 0.1) is 10.1 Å². The summed E-state index contributed by atoms with van der Waals surface area (Å²) in [4.78, 5) is 22.4. The van der Waals surface area contributed by atoms with Gasteiger partial charge in [-0.1, -0.05) is 13.0 Å². The van der Waals surface area contributed by atoms with Crippen LogP contribution in [0.2, 0.25) is 0 Å². The van der Waals surface area contributed by atoms with Crippen LogP contribution in [0.3, 0.4) is 0 Å². The van der Waals surface area contributed by atoms with E-state index in [9.17, 15) is 14.9 Å². The first-order valence-corrected chi connectivity index (χ1v) is 5.41. The molecule has 0 amide bonds. The first-order valence-electron chi connectivity index (χ1n) is 5.41. The average molecular weight is 232 g/mol. The van der Waals surface area contributed by atoms with Gasteiger partial charge >= 0.3 is 0 Å². The largest absolute Gasteiger partial charge is 0.315 e. The van der Waals surface area contributed by atoms with Crippen molar-refractivity contribution in [3.63, 3.8) is 0 Å². The van der Waals surface area contributed by atoms with Crippen molar-refractivity contribution in [2.24, 2.45) is 0 Å². The van der Waals surface area contributed by atoms with E-state index >= 15 is 0 Å². The third-order valence-electron chi connectivity index (χ3n) is 2.66. The summed E-state index contributed by atoms with van der Waals surface area (Å²) < 4.78 is 1.58. The van der Waals surface area contributed by atoms with Crippen molar-refractivity contribution in [2.75, 3.05) is 0 Å². The van der Waals surface area contributed by atoms with Gasteiger partial charge < -0.3 is 4.57 Å². The highest BCUT2D eigenvalue weighted by molar-refractivity contribution is 5.89. The van der Waals surface area contributed by atoms with E-state index in [1.165, 1.54) is 12.1 Å². The molecule has 5 nitrogen and oxygen atoms in total. The van der Waals surface area contributed by atoms with Gasteiger partial charge in [-0.15, -0.1) is 0 Å². The summed E-state index contributed by atoms with van der Waals surface area (Å²) in [5.41, 5.74) is -0.198. The molecule has 0 N–H and O–H groups in total. The van der Waals surface area contributed by atoms with Crippen LogP contribution in [0.15, 0.2) is 35.3 Å². The van der Waals surface area contributed by atoms with Gasteiger partial charge in [-0.25, -0.2) is 0 Å². The van der Waals surface area contributed by atoms with E-state index in [1.807, 2.05) is 6.92 Å². The molecular weight excluding hydrogens is 220 g/mol. The lowest BCUT2D eigenvalue weighted by Gasteiger charge is -2.05. The van der Waals surface area contributed by atoms with Crippen LogP contribution in [0.1, 0.15) is 13.3 Å². The van der Waals surface area contributed by atoms with Crippen molar-refractivity contribution in [2.45, 2.75) is 19.9 Å². The first kappa shape index (κ1) is 11.3. The highest BCUT2D eigenvalue weighted by atomic mass is 16.6. The average Bonchev–Trinajstić information content (AvgIpc) is 2.32. The van der Waals surface area contributed by atoms with Crippen LogP contribution in [0.25, 0.3) is 10.8 Å². The van der Waals surface area contributed by atoms with Gasteiger partial charge in [-0.2, -0.15) is 0 Å². The number of benzene rings is 1. The molecule has 1 aromatic carbocycles. The van der Waals surface area contributed by atoms with E-state index in [-0.39, 0.29) is 11.2 Å². The Morgan fingerprint density at radius 3 is 2.71 bits per heavy atom. The number of hydrogen-bond donors (Lipinski definition) is 0. The van der Waals surface area contributed by atoms with Gasteiger partial charge in [-0.05, 0) is 18.6 Å². The Kier molecular flexibility index (Phi) is 2.91. The second kappa shape index (κ2) is 4.37. The van der Waals surface area contributed by atoms with Crippen LogP contribution in [0.4, 0.5) is 5.69 Å². The molecule has 0 radical (unpaired) electrons. The van der Waals surface area contributed by atoms with Crippen molar-refractivity contribution >= 4 is 16.5 Å². The Balaban J connectivity index is 2.76. The molecule has 2 rings (SSSR count). The van der Waals surface area contributed by atoms with Gasteiger partial charge in [0, 0.05) is 18.8 Å². The minimum atomic E-state index is -0.466. The van der Waals surface area contributed by atoms with Crippen LogP contribution >= 0.6 is 0 Å². The monoisotopic (exact) mass is 232 g/mol. The number of nitrogens with zero attached hydrogens (tertiary/aromatic N) is 2. The van der Waals surface area contributed by atoms with Gasteiger partial charge in [0.1, 0.15) is 0 Å². The van der Waals surface area contributed by atoms with Crippen molar-refractivity contribution in [3.05, 3.63) is 50.9 Å². The number of nitro groups is 1. The molecule has 17 heavy (non-hydrogen) atoms. The summed E-state index contributed by atoms with van der Waals surface area (Å²) in [7, 11) is 0. The maximum absolute atomic E-state index is 12.0. The van der Waals surface area contributed by atoms with E-state index in [2.05, 4.69) is 0 Å². The zero-order chi connectivity index (χ0) is 12.4. The second-order valence-electron chi connectivity index (χ2n) is 3.81. The molecule has 0 saturated carbocycles. The van der Waals surface area contributed by atoms with Crippen molar-refractivity contribution in [3.8, 4) is 0 Å². The van der Waals surface area contributed by atoms with Gasteiger partial charge in [0.2, 0.25) is 0 Å². The molecule has 0 spiro atoms. The van der Waals surface area contributed by atoms with E-state index in [0.717, 1.165) is 6.42 Å². The van der Waals surface area contributed by atoms with Crippen LogP contribution in [0.5, 0.6) is 0 Å². The summed E-state index contributed by atoms with van der Waals surface area (Å²) in [6, 6.07) is 6.20. The Morgan fingerprint density at radius 2 is 2.06 bits per heavy atom. The molecule has 0 atom stereocenters. The van der Waals surface area contributed by atoms with Crippen molar-refractivity contribution < 1.29 is 4.92 Å². The smallest absolute Gasteiger partial charge is 0.277 e. The van der Waals surface area contributed by atoms with Crippen LogP contribution in [-0.4, -0.2) is 9.49 Å². The van der Waals surface area contributed by atoms with Gasteiger partial charge in [0.25, 0.3) is 11.2 Å². The summed E-state index contributed by atoms with van der Waals surface area (Å²) in [6.07, 6.45) is 2.46. The molecule has 0 aliphatic carbocycles. The maximum atomic E-state index is 12.0. The number of rotatable bonds is 3. The summed E-state index contributed by atoms with van der Waals surface area (Å²) in [5.74, 6) is 0. The molecule has 0 fully saturated rings. The molecule has 1 heterocycles. The number of aryl methyl sites for hydroxylation is 1. The molecule has 0 saturated heterocycles. The summed E-state index contributed by atoms with van der Waals surface area (Å²) in [5, 5.41) is 11.6. The predicted octanol–water partition coefficient (Wildman–Crippen LogP) is 2.32. The molecule has 1 aromatic heterocycles. The molecule has 88 valence electrons. The molecule has 0 bridgehead atoms. The predicted molar refractivity (Wildman–Crippen MR) is 65.2 cm³/mol. The first-order chi connectivity index (χ1) is 8.15. The molecule has 0 unspecified atom stereocenters. The zero-order valence-corrected chi connectivity index (χ0v) is 9.42.